The van der Waals surface area contributed by atoms with Crippen LogP contribution in [0.4, 0.5) is 0 Å². The Bertz CT molecular complexity index is 1190. The highest BCUT2D eigenvalue weighted by atomic mass is 35.5. The molecule has 0 aliphatic rings. The van der Waals surface area contributed by atoms with Crippen LogP contribution in [-0.4, -0.2) is 11.8 Å². The van der Waals surface area contributed by atoms with Crippen molar-refractivity contribution in [3.63, 3.8) is 0 Å². The average molecular weight is 427 g/mol. The number of hydrogen-bond donors (Lipinski definition) is 0. The quantitative estimate of drug-likeness (QED) is 0.252. The Labute approximate surface area is 185 Å². The Balaban J connectivity index is 1.70. The number of Topliss-reactive ketones (excluding diaryl/α,β-unsaturated/α-hetero) is 1. The Morgan fingerprint density at radius 1 is 0.677 bits per heavy atom. The van der Waals surface area contributed by atoms with Crippen molar-refractivity contribution in [3.8, 4) is 11.1 Å². The second-order valence-corrected chi connectivity index (χ2v) is 7.42. The topological polar surface area (TPSA) is 43.4 Å². The molecule has 0 amide bonds. The second kappa shape index (κ2) is 9.41. The minimum absolute atomic E-state index is 0.298. The van der Waals surface area contributed by atoms with Crippen LogP contribution in [0.1, 0.15) is 32.4 Å². The number of esters is 1. The average Bonchev–Trinajstić information content (AvgIpc) is 2.84. The fraction of sp³-hybridized carbons (Fsp3) is 0.0370. The van der Waals surface area contributed by atoms with E-state index in [2.05, 4.69) is 0 Å². The van der Waals surface area contributed by atoms with Gasteiger partial charge in [0.15, 0.2) is 6.10 Å². The SMILES string of the molecule is O=C(O[C@@H](C(=O)c1ccccc1)c1ccc(Cl)cc1)c1ccccc1-c1ccccc1. The summed E-state index contributed by atoms with van der Waals surface area (Å²) in [5, 5.41) is 0.537. The Kier molecular flexibility index (Phi) is 6.25. The lowest BCUT2D eigenvalue weighted by Gasteiger charge is -2.19. The molecule has 0 aliphatic heterocycles. The third-order valence-corrected chi connectivity index (χ3v) is 5.18. The van der Waals surface area contributed by atoms with Crippen molar-refractivity contribution >= 4 is 23.4 Å². The molecule has 0 saturated carbocycles. The second-order valence-electron chi connectivity index (χ2n) is 6.98. The first-order valence-electron chi connectivity index (χ1n) is 9.83. The molecule has 152 valence electrons. The van der Waals surface area contributed by atoms with Crippen molar-refractivity contribution in [1.82, 2.24) is 0 Å². The number of rotatable bonds is 6. The Hall–Kier alpha value is -3.69. The highest BCUT2D eigenvalue weighted by Gasteiger charge is 2.27. The van der Waals surface area contributed by atoms with Gasteiger partial charge in [0, 0.05) is 16.1 Å². The van der Waals surface area contributed by atoms with Crippen molar-refractivity contribution < 1.29 is 14.3 Å². The summed E-state index contributed by atoms with van der Waals surface area (Å²) < 4.78 is 5.81. The Morgan fingerprint density at radius 3 is 1.94 bits per heavy atom. The third kappa shape index (κ3) is 4.73. The highest BCUT2D eigenvalue weighted by Crippen LogP contribution is 2.29. The fourth-order valence-electron chi connectivity index (χ4n) is 3.37. The first-order chi connectivity index (χ1) is 15.1. The van der Waals surface area contributed by atoms with Gasteiger partial charge in [-0.3, -0.25) is 4.79 Å². The van der Waals surface area contributed by atoms with Gasteiger partial charge in [0.25, 0.3) is 0 Å². The van der Waals surface area contributed by atoms with Crippen LogP contribution in [0.15, 0.2) is 109 Å². The van der Waals surface area contributed by atoms with E-state index in [-0.39, 0.29) is 5.78 Å². The number of carbonyl (C=O) groups excluding carboxylic acids is 2. The van der Waals surface area contributed by atoms with E-state index in [1.54, 1.807) is 60.7 Å². The lowest BCUT2D eigenvalue weighted by atomic mass is 9.98. The van der Waals surface area contributed by atoms with Gasteiger partial charge in [0.2, 0.25) is 5.78 Å². The summed E-state index contributed by atoms with van der Waals surface area (Å²) in [6.45, 7) is 0. The van der Waals surface area contributed by atoms with Gasteiger partial charge in [0.05, 0.1) is 5.56 Å². The van der Waals surface area contributed by atoms with E-state index < -0.39 is 12.1 Å². The molecule has 0 fully saturated rings. The van der Waals surface area contributed by atoms with E-state index in [4.69, 9.17) is 16.3 Å². The van der Waals surface area contributed by atoms with Crippen LogP contribution in [0.3, 0.4) is 0 Å². The van der Waals surface area contributed by atoms with Gasteiger partial charge in [-0.15, -0.1) is 0 Å². The summed E-state index contributed by atoms with van der Waals surface area (Å²) in [6, 6.07) is 32.3. The van der Waals surface area contributed by atoms with Crippen LogP contribution < -0.4 is 0 Å². The molecule has 1 atom stereocenters. The molecule has 0 aromatic heterocycles. The molecule has 4 heteroatoms. The molecule has 0 bridgehead atoms. The molecule has 0 spiro atoms. The monoisotopic (exact) mass is 426 g/mol. The molecule has 0 aliphatic carbocycles. The molecule has 4 rings (SSSR count). The van der Waals surface area contributed by atoms with Crippen LogP contribution in [-0.2, 0) is 4.74 Å². The van der Waals surface area contributed by atoms with E-state index >= 15 is 0 Å². The summed E-state index contributed by atoms with van der Waals surface area (Å²) in [4.78, 5) is 26.5. The van der Waals surface area contributed by atoms with Gasteiger partial charge >= 0.3 is 5.97 Å². The minimum Gasteiger partial charge on any atom is -0.445 e. The number of halogens is 1. The standard InChI is InChI=1S/C27H19ClO3/c28-22-17-15-21(16-18-22)26(25(29)20-11-5-2-6-12-20)31-27(30)24-14-8-7-13-23(24)19-9-3-1-4-10-19/h1-18,26H/t26-/m1/s1. The van der Waals surface area contributed by atoms with Gasteiger partial charge in [-0.05, 0) is 29.3 Å². The van der Waals surface area contributed by atoms with Crippen molar-refractivity contribution in [2.45, 2.75) is 6.10 Å². The molecule has 4 aromatic carbocycles. The molecule has 0 radical (unpaired) electrons. The van der Waals surface area contributed by atoms with Gasteiger partial charge < -0.3 is 4.74 Å². The highest BCUT2D eigenvalue weighted by molar-refractivity contribution is 6.30. The summed E-state index contributed by atoms with van der Waals surface area (Å²) >= 11 is 6.01. The number of carbonyl (C=O) groups is 2. The van der Waals surface area contributed by atoms with Crippen LogP contribution in [0.2, 0.25) is 5.02 Å². The predicted molar refractivity (Wildman–Crippen MR) is 122 cm³/mol. The van der Waals surface area contributed by atoms with Crippen molar-refractivity contribution in [1.29, 1.82) is 0 Å². The van der Waals surface area contributed by atoms with Crippen molar-refractivity contribution in [2.75, 3.05) is 0 Å². The number of benzene rings is 4. The zero-order valence-electron chi connectivity index (χ0n) is 16.6. The first-order valence-corrected chi connectivity index (χ1v) is 10.2. The molecule has 0 saturated heterocycles. The zero-order chi connectivity index (χ0) is 21.6. The van der Waals surface area contributed by atoms with Crippen LogP contribution in [0.5, 0.6) is 0 Å². The van der Waals surface area contributed by atoms with Crippen molar-refractivity contribution in [2.24, 2.45) is 0 Å². The maximum Gasteiger partial charge on any atom is 0.339 e. The molecule has 0 unspecified atom stereocenters. The van der Waals surface area contributed by atoms with Gasteiger partial charge in [-0.2, -0.15) is 0 Å². The van der Waals surface area contributed by atoms with Gasteiger partial charge in [-0.1, -0.05) is 103 Å². The smallest absolute Gasteiger partial charge is 0.339 e. The summed E-state index contributed by atoms with van der Waals surface area (Å²) in [5.74, 6) is -0.864. The minimum atomic E-state index is -1.09. The maximum atomic E-state index is 13.2. The molecule has 0 heterocycles. The lowest BCUT2D eigenvalue weighted by molar-refractivity contribution is 0.0281. The molecule has 4 aromatic rings. The predicted octanol–water partition coefficient (Wildman–Crippen LogP) is 6.79. The number of hydrogen-bond acceptors (Lipinski definition) is 3. The summed E-state index contributed by atoms with van der Waals surface area (Å²) in [7, 11) is 0. The largest absolute Gasteiger partial charge is 0.445 e. The van der Waals surface area contributed by atoms with Gasteiger partial charge in [0.1, 0.15) is 0 Å². The van der Waals surface area contributed by atoms with Crippen LogP contribution >= 0.6 is 11.6 Å². The fourth-order valence-corrected chi connectivity index (χ4v) is 3.49. The molecular weight excluding hydrogens is 408 g/mol. The van der Waals surface area contributed by atoms with E-state index in [0.717, 1.165) is 11.1 Å². The molecule has 3 nitrogen and oxygen atoms in total. The van der Waals surface area contributed by atoms with E-state index in [1.807, 2.05) is 48.5 Å². The van der Waals surface area contributed by atoms with Gasteiger partial charge in [-0.25, -0.2) is 4.79 Å². The van der Waals surface area contributed by atoms with E-state index in [1.165, 1.54) is 0 Å². The first kappa shape index (κ1) is 20.6. The molecular formula is C27H19ClO3. The zero-order valence-corrected chi connectivity index (χ0v) is 17.3. The summed E-state index contributed by atoms with van der Waals surface area (Å²) in [5.41, 5.74) is 3.06. The van der Waals surface area contributed by atoms with Crippen molar-refractivity contribution in [3.05, 3.63) is 131 Å². The number of ketones is 1. The molecule has 0 N–H and O–H groups in total. The molecule has 31 heavy (non-hydrogen) atoms. The Morgan fingerprint density at radius 2 is 1.26 bits per heavy atom. The van der Waals surface area contributed by atoms with Crippen LogP contribution in [0, 0.1) is 0 Å². The lowest BCUT2D eigenvalue weighted by Crippen LogP contribution is -2.20. The maximum absolute atomic E-state index is 13.2. The number of ether oxygens (including phenoxy) is 1. The van der Waals surface area contributed by atoms with Crippen LogP contribution in [0.25, 0.3) is 11.1 Å². The third-order valence-electron chi connectivity index (χ3n) is 4.93. The normalized spacial score (nSPS) is 11.5. The van der Waals surface area contributed by atoms with E-state index in [9.17, 15) is 9.59 Å². The summed E-state index contributed by atoms with van der Waals surface area (Å²) in [6.07, 6.45) is -1.09. The van der Waals surface area contributed by atoms with E-state index in [0.29, 0.717) is 21.7 Å².